The van der Waals surface area contributed by atoms with Crippen LogP contribution in [0, 0.1) is 17.0 Å². The number of rotatable bonds is 13. The predicted molar refractivity (Wildman–Crippen MR) is 133 cm³/mol. The monoisotopic (exact) mass is 471 g/mol. The van der Waals surface area contributed by atoms with Gasteiger partial charge in [0.2, 0.25) is 11.8 Å². The number of hydrogen-bond donors (Lipinski definition) is 1. The van der Waals surface area contributed by atoms with E-state index in [9.17, 15) is 19.7 Å². The number of non-ortho nitro benzene ring substituents is 1. The number of benzene rings is 2. The molecule has 8 heteroatoms. The largest absolute Gasteiger partial charge is 0.354 e. The van der Waals surface area contributed by atoms with Crippen LogP contribution in [-0.4, -0.2) is 40.0 Å². The molecule has 33 heavy (non-hydrogen) atoms. The van der Waals surface area contributed by atoms with Gasteiger partial charge in [0.1, 0.15) is 6.04 Å². The second-order valence-corrected chi connectivity index (χ2v) is 8.98. The molecule has 2 aromatic rings. The van der Waals surface area contributed by atoms with Crippen molar-refractivity contribution in [3.63, 3.8) is 0 Å². The number of amides is 2. The molecule has 0 aromatic heterocycles. The van der Waals surface area contributed by atoms with E-state index >= 15 is 0 Å². The third-order valence-corrected chi connectivity index (χ3v) is 6.28. The van der Waals surface area contributed by atoms with Crippen LogP contribution in [0.5, 0.6) is 0 Å². The lowest BCUT2D eigenvalue weighted by atomic mass is 10.1. The Morgan fingerprint density at radius 2 is 1.85 bits per heavy atom. The number of nitrogens with zero attached hydrogens (tertiary/aromatic N) is 2. The zero-order valence-corrected chi connectivity index (χ0v) is 20.4. The van der Waals surface area contributed by atoms with E-state index in [1.54, 1.807) is 17.0 Å². The summed E-state index contributed by atoms with van der Waals surface area (Å²) in [7, 11) is 0. The van der Waals surface area contributed by atoms with Gasteiger partial charge in [0.15, 0.2) is 0 Å². The number of carbonyl (C=O) groups is 2. The van der Waals surface area contributed by atoms with Gasteiger partial charge in [-0.3, -0.25) is 19.7 Å². The summed E-state index contributed by atoms with van der Waals surface area (Å²) in [5.74, 6) is 0.566. The lowest BCUT2D eigenvalue weighted by molar-refractivity contribution is -0.384. The standard InChI is InChI=1S/C25H33N3O4S/c1-4-6-14-26-25(30)23(5-2)27(16-21-9-7-8-19(3)15-21)24(29)18-33-17-20-10-12-22(13-11-20)28(31)32/h7-13,15,23H,4-6,14,16-18H2,1-3H3,(H,26,30)/t23-/m1/s1. The Bertz CT molecular complexity index is 934. The average molecular weight is 472 g/mol. The predicted octanol–water partition coefficient (Wildman–Crippen LogP) is 4.86. The number of nitro groups is 1. The molecule has 0 fully saturated rings. The normalized spacial score (nSPS) is 11.6. The summed E-state index contributed by atoms with van der Waals surface area (Å²) >= 11 is 1.44. The lowest BCUT2D eigenvalue weighted by Gasteiger charge is -2.30. The zero-order valence-electron chi connectivity index (χ0n) is 19.6. The van der Waals surface area contributed by atoms with Crippen LogP contribution in [-0.2, 0) is 21.9 Å². The fourth-order valence-corrected chi connectivity index (χ4v) is 4.36. The van der Waals surface area contributed by atoms with E-state index < -0.39 is 11.0 Å². The van der Waals surface area contributed by atoms with Crippen LogP contribution in [0.25, 0.3) is 0 Å². The second kappa shape index (κ2) is 13.6. The van der Waals surface area contributed by atoms with Crippen molar-refractivity contribution in [1.29, 1.82) is 0 Å². The molecule has 7 nitrogen and oxygen atoms in total. The summed E-state index contributed by atoms with van der Waals surface area (Å²) in [6.07, 6.45) is 2.42. The van der Waals surface area contributed by atoms with Crippen molar-refractivity contribution in [1.82, 2.24) is 10.2 Å². The van der Waals surface area contributed by atoms with E-state index in [2.05, 4.69) is 12.2 Å². The highest BCUT2D eigenvalue weighted by Gasteiger charge is 2.28. The average Bonchev–Trinajstić information content (AvgIpc) is 2.79. The van der Waals surface area contributed by atoms with E-state index in [4.69, 9.17) is 0 Å². The van der Waals surface area contributed by atoms with Crippen LogP contribution in [0.4, 0.5) is 5.69 Å². The van der Waals surface area contributed by atoms with Crippen LogP contribution >= 0.6 is 11.8 Å². The highest BCUT2D eigenvalue weighted by Crippen LogP contribution is 2.19. The maximum absolute atomic E-state index is 13.2. The first-order chi connectivity index (χ1) is 15.8. The highest BCUT2D eigenvalue weighted by atomic mass is 32.2. The molecule has 0 heterocycles. The minimum absolute atomic E-state index is 0.0454. The van der Waals surface area contributed by atoms with Crippen LogP contribution in [0.2, 0.25) is 0 Å². The molecule has 0 saturated carbocycles. The van der Waals surface area contributed by atoms with Gasteiger partial charge in [-0.15, -0.1) is 11.8 Å². The molecule has 0 spiro atoms. The first kappa shape index (κ1) is 26.4. The first-order valence-electron chi connectivity index (χ1n) is 11.3. The molecule has 0 aliphatic rings. The van der Waals surface area contributed by atoms with Crippen LogP contribution in [0.15, 0.2) is 48.5 Å². The summed E-state index contributed by atoms with van der Waals surface area (Å²) in [4.78, 5) is 38.2. The van der Waals surface area contributed by atoms with Gasteiger partial charge >= 0.3 is 0 Å². The summed E-state index contributed by atoms with van der Waals surface area (Å²) in [6, 6.07) is 13.8. The third kappa shape index (κ3) is 8.53. The van der Waals surface area contributed by atoms with E-state index in [0.717, 1.165) is 29.5 Å². The van der Waals surface area contributed by atoms with Gasteiger partial charge < -0.3 is 10.2 Å². The van der Waals surface area contributed by atoms with Gasteiger partial charge in [-0.2, -0.15) is 0 Å². The summed E-state index contributed by atoms with van der Waals surface area (Å²) < 4.78 is 0. The number of nitrogens with one attached hydrogen (secondary N) is 1. The fraction of sp³-hybridized carbons (Fsp3) is 0.440. The van der Waals surface area contributed by atoms with Crippen molar-refractivity contribution in [3.05, 3.63) is 75.3 Å². The molecule has 2 aromatic carbocycles. The second-order valence-electron chi connectivity index (χ2n) is 8.00. The molecular formula is C25H33N3O4S. The molecule has 0 radical (unpaired) electrons. The third-order valence-electron chi connectivity index (χ3n) is 5.29. The van der Waals surface area contributed by atoms with Gasteiger partial charge in [0, 0.05) is 31.0 Å². The smallest absolute Gasteiger partial charge is 0.269 e. The zero-order chi connectivity index (χ0) is 24.2. The summed E-state index contributed by atoms with van der Waals surface area (Å²) in [5, 5.41) is 13.8. The molecule has 0 aliphatic heterocycles. The van der Waals surface area contributed by atoms with Crippen molar-refractivity contribution >= 4 is 29.3 Å². The van der Waals surface area contributed by atoms with Gasteiger partial charge in [-0.05, 0) is 30.9 Å². The number of nitro benzene ring substituents is 1. The van der Waals surface area contributed by atoms with Crippen LogP contribution < -0.4 is 5.32 Å². The quantitative estimate of drug-likeness (QED) is 0.256. The highest BCUT2D eigenvalue weighted by molar-refractivity contribution is 7.99. The molecule has 0 unspecified atom stereocenters. The Morgan fingerprint density at radius 1 is 1.12 bits per heavy atom. The Labute approximate surface area is 200 Å². The maximum Gasteiger partial charge on any atom is 0.269 e. The summed E-state index contributed by atoms with van der Waals surface area (Å²) in [5.41, 5.74) is 3.05. The molecule has 2 amide bonds. The van der Waals surface area contributed by atoms with E-state index in [0.29, 0.717) is 25.3 Å². The van der Waals surface area contributed by atoms with Crippen molar-refractivity contribution in [2.24, 2.45) is 0 Å². The molecule has 178 valence electrons. The van der Waals surface area contributed by atoms with Crippen molar-refractivity contribution < 1.29 is 14.5 Å². The molecule has 0 bridgehead atoms. The number of thioether (sulfide) groups is 1. The van der Waals surface area contributed by atoms with Crippen LogP contribution in [0.3, 0.4) is 0 Å². The summed E-state index contributed by atoms with van der Waals surface area (Å²) in [6.45, 7) is 6.97. The number of unbranched alkanes of at least 4 members (excludes halogenated alkanes) is 1. The Hall–Kier alpha value is -2.87. The number of carbonyl (C=O) groups excluding carboxylic acids is 2. The van der Waals surface area contributed by atoms with Crippen LogP contribution in [0.1, 0.15) is 49.8 Å². The Balaban J connectivity index is 2.08. The Morgan fingerprint density at radius 3 is 2.45 bits per heavy atom. The van der Waals surface area contributed by atoms with Gasteiger partial charge in [-0.1, -0.05) is 62.2 Å². The lowest BCUT2D eigenvalue weighted by Crippen LogP contribution is -2.49. The van der Waals surface area contributed by atoms with Crippen molar-refractivity contribution in [2.45, 2.75) is 58.4 Å². The molecular weight excluding hydrogens is 438 g/mol. The Kier molecular flexibility index (Phi) is 10.9. The SMILES string of the molecule is CCCCNC(=O)[C@@H](CC)N(Cc1cccc(C)c1)C(=O)CSCc1ccc([N+](=O)[O-])cc1. The van der Waals surface area contributed by atoms with E-state index in [1.807, 2.05) is 38.1 Å². The maximum atomic E-state index is 13.2. The van der Waals surface area contributed by atoms with E-state index in [1.165, 1.54) is 23.9 Å². The minimum Gasteiger partial charge on any atom is -0.354 e. The van der Waals surface area contributed by atoms with Gasteiger partial charge in [0.25, 0.3) is 5.69 Å². The van der Waals surface area contributed by atoms with Gasteiger partial charge in [0.05, 0.1) is 10.7 Å². The molecule has 0 aliphatic carbocycles. The number of hydrogen-bond acceptors (Lipinski definition) is 5. The molecule has 2 rings (SSSR count). The first-order valence-corrected chi connectivity index (χ1v) is 12.4. The fourth-order valence-electron chi connectivity index (χ4n) is 3.49. The topological polar surface area (TPSA) is 92.6 Å². The molecule has 1 atom stereocenters. The van der Waals surface area contributed by atoms with Crippen molar-refractivity contribution in [3.8, 4) is 0 Å². The van der Waals surface area contributed by atoms with Crippen molar-refractivity contribution in [2.75, 3.05) is 12.3 Å². The van der Waals surface area contributed by atoms with Gasteiger partial charge in [-0.25, -0.2) is 0 Å². The minimum atomic E-state index is -0.533. The number of aryl methyl sites for hydroxylation is 1. The molecule has 0 saturated heterocycles. The van der Waals surface area contributed by atoms with E-state index in [-0.39, 0.29) is 23.3 Å². The molecule has 1 N–H and O–H groups in total.